The third kappa shape index (κ3) is 4.56. The van der Waals surface area contributed by atoms with Gasteiger partial charge in [-0.15, -0.1) is 0 Å². The number of nitrogens with one attached hydrogen (secondary N) is 1. The van der Waals surface area contributed by atoms with Crippen LogP contribution in [0.3, 0.4) is 0 Å². The Bertz CT molecular complexity index is 1400. The van der Waals surface area contributed by atoms with Gasteiger partial charge >= 0.3 is 6.18 Å². The minimum atomic E-state index is -4.40. The summed E-state index contributed by atoms with van der Waals surface area (Å²) >= 11 is 0. The van der Waals surface area contributed by atoms with E-state index in [9.17, 15) is 21.6 Å². The lowest BCUT2D eigenvalue weighted by atomic mass is 10.0. The van der Waals surface area contributed by atoms with Crippen molar-refractivity contribution >= 4 is 10.0 Å². The minimum Gasteiger partial charge on any atom is -0.276 e. The summed E-state index contributed by atoms with van der Waals surface area (Å²) in [4.78, 5) is 4.45. The van der Waals surface area contributed by atoms with Gasteiger partial charge in [0.2, 0.25) is 10.0 Å². The Morgan fingerprint density at radius 3 is 2.25 bits per heavy atom. The summed E-state index contributed by atoms with van der Waals surface area (Å²) in [5.41, 5.74) is 3.43. The monoisotopic (exact) mass is 458 g/mol. The number of hydrogen-bond donors (Lipinski definition) is 2. The molecule has 4 aromatic rings. The average Bonchev–Trinajstić information content (AvgIpc) is 3.23. The fourth-order valence-electron chi connectivity index (χ4n) is 3.26. The van der Waals surface area contributed by atoms with E-state index in [1.807, 2.05) is 0 Å². The highest BCUT2D eigenvalue weighted by molar-refractivity contribution is 7.89. The fraction of sp³-hybridized carbons (Fsp3) is 0.0909. The summed E-state index contributed by atoms with van der Waals surface area (Å²) in [6, 6.07) is 16.2. The molecule has 6 nitrogen and oxygen atoms in total. The molecule has 0 radical (unpaired) electrons. The van der Waals surface area contributed by atoms with Crippen LogP contribution in [-0.2, 0) is 16.2 Å². The Balaban J connectivity index is 1.69. The number of aromatic amines is 1. The van der Waals surface area contributed by atoms with Crippen LogP contribution >= 0.6 is 0 Å². The maximum absolute atomic E-state index is 12.8. The highest BCUT2D eigenvalue weighted by Gasteiger charge is 2.30. The number of sulfonamides is 1. The van der Waals surface area contributed by atoms with Gasteiger partial charge < -0.3 is 0 Å². The van der Waals surface area contributed by atoms with E-state index in [1.54, 1.807) is 37.3 Å². The van der Waals surface area contributed by atoms with Gasteiger partial charge in [-0.2, -0.15) is 18.3 Å². The van der Waals surface area contributed by atoms with Gasteiger partial charge in [0, 0.05) is 11.3 Å². The second-order valence-electron chi connectivity index (χ2n) is 7.20. The number of pyridine rings is 1. The number of nitrogens with zero attached hydrogens (tertiary/aromatic N) is 2. The lowest BCUT2D eigenvalue weighted by Crippen LogP contribution is -2.11. The molecule has 0 bridgehead atoms. The van der Waals surface area contributed by atoms with Gasteiger partial charge in [-0.25, -0.2) is 13.6 Å². The van der Waals surface area contributed by atoms with Gasteiger partial charge in [-0.05, 0) is 60.5 Å². The Kier molecular flexibility index (Phi) is 5.35. The van der Waals surface area contributed by atoms with E-state index in [-0.39, 0.29) is 4.90 Å². The molecule has 0 aliphatic heterocycles. The molecule has 4 rings (SSSR count). The summed E-state index contributed by atoms with van der Waals surface area (Å²) in [6.45, 7) is 1.78. The number of benzene rings is 2. The van der Waals surface area contributed by atoms with E-state index < -0.39 is 21.8 Å². The summed E-state index contributed by atoms with van der Waals surface area (Å²) in [5.74, 6) is 0. The zero-order valence-electron chi connectivity index (χ0n) is 16.7. The van der Waals surface area contributed by atoms with Crippen molar-refractivity contribution in [2.75, 3.05) is 0 Å². The molecule has 10 heteroatoms. The van der Waals surface area contributed by atoms with E-state index >= 15 is 0 Å². The number of hydrogen-bond acceptors (Lipinski definition) is 4. The van der Waals surface area contributed by atoms with Crippen LogP contribution in [0.1, 0.15) is 11.3 Å². The first-order valence-corrected chi connectivity index (χ1v) is 10.9. The molecule has 0 atom stereocenters. The quantitative estimate of drug-likeness (QED) is 0.459. The van der Waals surface area contributed by atoms with E-state index in [0.29, 0.717) is 39.5 Å². The lowest BCUT2D eigenvalue weighted by molar-refractivity contribution is -0.137. The van der Waals surface area contributed by atoms with Crippen molar-refractivity contribution in [2.24, 2.45) is 5.14 Å². The van der Waals surface area contributed by atoms with Crippen molar-refractivity contribution in [3.8, 4) is 33.8 Å². The molecule has 0 fully saturated rings. The second-order valence-corrected chi connectivity index (χ2v) is 8.76. The van der Waals surface area contributed by atoms with Gasteiger partial charge in [0.15, 0.2) is 0 Å². The zero-order chi connectivity index (χ0) is 23.1. The molecule has 0 saturated carbocycles. The van der Waals surface area contributed by atoms with Crippen molar-refractivity contribution in [1.82, 2.24) is 15.2 Å². The molecule has 0 unspecified atom stereocenters. The largest absolute Gasteiger partial charge is 0.416 e. The average molecular weight is 458 g/mol. The molecule has 2 aromatic heterocycles. The standard InChI is InChI=1S/C22H17F3N4O2S/c1-13-9-16(14-5-7-17(8-6-14)22(23,24)25)11-20(27-13)21-12-19(28-29-21)15-3-2-4-18(10-15)32(26,30)31/h2-12H,1H3,(H,28,29)(H2,26,30,31). The van der Waals surface area contributed by atoms with Crippen LogP contribution in [0, 0.1) is 6.92 Å². The fourth-order valence-corrected chi connectivity index (χ4v) is 3.82. The Morgan fingerprint density at radius 1 is 0.875 bits per heavy atom. The summed E-state index contributed by atoms with van der Waals surface area (Å²) in [5, 5.41) is 12.3. The Morgan fingerprint density at radius 2 is 1.59 bits per heavy atom. The number of aromatic nitrogens is 3. The molecular formula is C22H17F3N4O2S. The first-order chi connectivity index (χ1) is 15.0. The molecule has 32 heavy (non-hydrogen) atoms. The van der Waals surface area contributed by atoms with Crippen LogP contribution in [0.25, 0.3) is 33.8 Å². The Hall–Kier alpha value is -3.50. The van der Waals surface area contributed by atoms with E-state index in [2.05, 4.69) is 15.2 Å². The topological polar surface area (TPSA) is 102 Å². The van der Waals surface area contributed by atoms with Crippen LogP contribution in [0.15, 0.2) is 71.6 Å². The van der Waals surface area contributed by atoms with Crippen molar-refractivity contribution in [3.05, 3.63) is 78.0 Å². The highest BCUT2D eigenvalue weighted by Crippen LogP contribution is 2.32. The third-order valence-electron chi connectivity index (χ3n) is 4.81. The van der Waals surface area contributed by atoms with E-state index in [0.717, 1.165) is 12.1 Å². The van der Waals surface area contributed by atoms with Gasteiger partial charge in [-0.3, -0.25) is 10.1 Å². The van der Waals surface area contributed by atoms with Crippen molar-refractivity contribution in [2.45, 2.75) is 18.0 Å². The van der Waals surface area contributed by atoms with Gasteiger partial charge in [-0.1, -0.05) is 24.3 Å². The minimum absolute atomic E-state index is 0.0298. The first kappa shape index (κ1) is 21.7. The van der Waals surface area contributed by atoms with Crippen LogP contribution in [0.5, 0.6) is 0 Å². The molecule has 2 aromatic carbocycles. The van der Waals surface area contributed by atoms with Gasteiger partial charge in [0.05, 0.1) is 27.5 Å². The van der Waals surface area contributed by atoms with Crippen molar-refractivity contribution in [3.63, 3.8) is 0 Å². The smallest absolute Gasteiger partial charge is 0.276 e. The zero-order valence-corrected chi connectivity index (χ0v) is 17.5. The molecule has 0 aliphatic rings. The molecule has 0 amide bonds. The number of primary sulfonamides is 1. The first-order valence-electron chi connectivity index (χ1n) is 9.36. The molecule has 3 N–H and O–H groups in total. The number of alkyl halides is 3. The molecule has 164 valence electrons. The normalized spacial score (nSPS) is 12.2. The van der Waals surface area contributed by atoms with E-state index in [1.165, 1.54) is 24.3 Å². The number of nitrogens with two attached hydrogens (primary N) is 1. The molecule has 2 heterocycles. The number of halogens is 3. The maximum atomic E-state index is 12.8. The predicted molar refractivity (Wildman–Crippen MR) is 114 cm³/mol. The summed E-state index contributed by atoms with van der Waals surface area (Å²) in [7, 11) is -3.85. The molecule has 0 aliphatic carbocycles. The highest BCUT2D eigenvalue weighted by atomic mass is 32.2. The molecule has 0 saturated heterocycles. The SMILES string of the molecule is Cc1cc(-c2ccc(C(F)(F)F)cc2)cc(-c2cc(-c3cccc(S(N)(=O)=O)c3)n[nH]2)n1. The lowest BCUT2D eigenvalue weighted by Gasteiger charge is -2.09. The van der Waals surface area contributed by atoms with Crippen molar-refractivity contribution < 1.29 is 21.6 Å². The number of aryl methyl sites for hydroxylation is 1. The van der Waals surface area contributed by atoms with E-state index in [4.69, 9.17) is 5.14 Å². The van der Waals surface area contributed by atoms with Crippen LogP contribution in [-0.4, -0.2) is 23.6 Å². The number of rotatable bonds is 4. The Labute approximate surface area is 182 Å². The van der Waals surface area contributed by atoms with Crippen molar-refractivity contribution in [1.29, 1.82) is 0 Å². The second kappa shape index (κ2) is 7.88. The molecule has 0 spiro atoms. The number of H-pyrrole nitrogens is 1. The van der Waals surface area contributed by atoms with Crippen LogP contribution in [0.4, 0.5) is 13.2 Å². The van der Waals surface area contributed by atoms with Crippen LogP contribution in [0.2, 0.25) is 0 Å². The summed E-state index contributed by atoms with van der Waals surface area (Å²) < 4.78 is 61.7. The van der Waals surface area contributed by atoms with Gasteiger partial charge in [0.1, 0.15) is 0 Å². The predicted octanol–water partition coefficient (Wildman–Crippen LogP) is 4.78. The van der Waals surface area contributed by atoms with Crippen LogP contribution < -0.4 is 5.14 Å². The third-order valence-corrected chi connectivity index (χ3v) is 5.72. The summed E-state index contributed by atoms with van der Waals surface area (Å²) in [6.07, 6.45) is -4.40. The molecular weight excluding hydrogens is 441 g/mol. The maximum Gasteiger partial charge on any atom is 0.416 e. The van der Waals surface area contributed by atoms with Gasteiger partial charge in [0.25, 0.3) is 0 Å².